The van der Waals surface area contributed by atoms with Gasteiger partial charge in [-0.2, -0.15) is 5.06 Å². The largest absolute Gasteiger partial charge is 0.466 e. The van der Waals surface area contributed by atoms with E-state index in [4.69, 9.17) is 19.0 Å². The Labute approximate surface area is 162 Å². The minimum absolute atomic E-state index is 0.0185. The summed E-state index contributed by atoms with van der Waals surface area (Å²) in [6.07, 6.45) is 5.62. The number of ether oxygens (including phenoxy) is 3. The molecule has 0 unspecified atom stereocenters. The van der Waals surface area contributed by atoms with E-state index in [1.54, 1.807) is 0 Å². The molecule has 1 aliphatic carbocycles. The molecule has 0 aromatic heterocycles. The molecule has 0 aromatic rings. The van der Waals surface area contributed by atoms with Crippen LogP contribution in [-0.2, 0) is 28.6 Å². The van der Waals surface area contributed by atoms with Gasteiger partial charge in [-0.3, -0.25) is 9.63 Å². The highest BCUT2D eigenvalue weighted by Crippen LogP contribution is 2.28. The molecule has 0 N–H and O–H groups in total. The molecule has 1 aliphatic heterocycles. The van der Waals surface area contributed by atoms with Crippen LogP contribution in [0.4, 0.5) is 0 Å². The Bertz CT molecular complexity index is 481. The van der Waals surface area contributed by atoms with Gasteiger partial charge in [0.15, 0.2) is 6.61 Å². The van der Waals surface area contributed by atoms with E-state index in [2.05, 4.69) is 0 Å². The van der Waals surface area contributed by atoms with Gasteiger partial charge in [0.1, 0.15) is 5.60 Å². The monoisotopic (exact) mass is 385 g/mol. The summed E-state index contributed by atoms with van der Waals surface area (Å²) in [5.74, 6) is -0.412. The van der Waals surface area contributed by atoms with Crippen LogP contribution >= 0.6 is 0 Å². The first-order chi connectivity index (χ1) is 12.8. The molecule has 7 nitrogen and oxygen atoms in total. The number of carbonyl (C=O) groups excluding carboxylic acids is 2. The highest BCUT2D eigenvalue weighted by atomic mass is 16.7. The number of esters is 2. The fourth-order valence-electron chi connectivity index (χ4n) is 3.62. The van der Waals surface area contributed by atoms with Crippen molar-refractivity contribution in [3.8, 4) is 0 Å². The van der Waals surface area contributed by atoms with Crippen LogP contribution in [-0.4, -0.2) is 61.1 Å². The molecular weight excluding hydrogens is 350 g/mol. The Morgan fingerprint density at radius 1 is 1.07 bits per heavy atom. The van der Waals surface area contributed by atoms with Gasteiger partial charge in [-0.05, 0) is 66.2 Å². The van der Waals surface area contributed by atoms with Crippen LogP contribution in [0.5, 0.6) is 0 Å². The van der Waals surface area contributed by atoms with E-state index in [-0.39, 0.29) is 36.6 Å². The maximum atomic E-state index is 11.8. The molecule has 1 saturated carbocycles. The third-order valence-corrected chi connectivity index (χ3v) is 4.91. The number of nitrogens with zero attached hydrogens (tertiary/aromatic N) is 1. The highest BCUT2D eigenvalue weighted by Gasteiger charge is 2.31. The molecule has 0 spiro atoms. The predicted molar refractivity (Wildman–Crippen MR) is 99.9 cm³/mol. The predicted octanol–water partition coefficient (Wildman–Crippen LogP) is 2.86. The Balaban J connectivity index is 1.66. The van der Waals surface area contributed by atoms with E-state index in [9.17, 15) is 9.59 Å². The summed E-state index contributed by atoms with van der Waals surface area (Å²) >= 11 is 0. The minimum atomic E-state index is -0.504. The van der Waals surface area contributed by atoms with Crippen LogP contribution < -0.4 is 0 Å². The first kappa shape index (κ1) is 22.1. The van der Waals surface area contributed by atoms with Crippen molar-refractivity contribution in [2.45, 2.75) is 84.0 Å². The molecule has 0 aromatic carbocycles. The zero-order chi connectivity index (χ0) is 19.9. The lowest BCUT2D eigenvalue weighted by atomic mass is 9.87. The minimum Gasteiger partial charge on any atom is -0.466 e. The second-order valence-electron chi connectivity index (χ2n) is 8.36. The number of hydrogen-bond acceptors (Lipinski definition) is 7. The number of rotatable bonds is 8. The summed E-state index contributed by atoms with van der Waals surface area (Å²) in [6.45, 7) is 9.12. The molecule has 0 amide bonds. The molecule has 7 heteroatoms. The molecule has 1 atom stereocenters. The number of hydroxylamine groups is 2. The summed E-state index contributed by atoms with van der Waals surface area (Å²) in [4.78, 5) is 29.3. The summed E-state index contributed by atoms with van der Waals surface area (Å²) in [7, 11) is 0. The summed E-state index contributed by atoms with van der Waals surface area (Å²) in [6, 6.07) is 0.162. The molecule has 2 rings (SSSR count). The summed E-state index contributed by atoms with van der Waals surface area (Å²) in [5.41, 5.74) is -0.504. The second-order valence-corrected chi connectivity index (χ2v) is 8.36. The van der Waals surface area contributed by atoms with Crippen molar-refractivity contribution < 1.29 is 28.6 Å². The summed E-state index contributed by atoms with van der Waals surface area (Å²) < 4.78 is 16.5. The van der Waals surface area contributed by atoms with E-state index in [1.807, 2.05) is 32.8 Å². The maximum Gasteiger partial charge on any atom is 0.334 e. The zero-order valence-corrected chi connectivity index (χ0v) is 17.2. The van der Waals surface area contributed by atoms with Gasteiger partial charge in [-0.25, -0.2) is 4.79 Å². The van der Waals surface area contributed by atoms with Crippen LogP contribution in [0.2, 0.25) is 0 Å². The molecule has 0 radical (unpaired) electrons. The van der Waals surface area contributed by atoms with Gasteiger partial charge in [0, 0.05) is 6.54 Å². The van der Waals surface area contributed by atoms with E-state index in [0.717, 1.165) is 45.1 Å². The third-order valence-electron chi connectivity index (χ3n) is 4.91. The smallest absolute Gasteiger partial charge is 0.334 e. The maximum absolute atomic E-state index is 11.8. The molecule has 1 saturated heterocycles. The van der Waals surface area contributed by atoms with Crippen LogP contribution in [0.15, 0.2) is 0 Å². The van der Waals surface area contributed by atoms with Crippen molar-refractivity contribution in [3.63, 3.8) is 0 Å². The van der Waals surface area contributed by atoms with Gasteiger partial charge in [0.05, 0.1) is 31.3 Å². The average Bonchev–Trinajstić information content (AvgIpc) is 3.05. The van der Waals surface area contributed by atoms with Crippen molar-refractivity contribution in [1.29, 1.82) is 0 Å². The second kappa shape index (κ2) is 10.4. The molecule has 156 valence electrons. The molecule has 27 heavy (non-hydrogen) atoms. The number of hydrogen-bond donors (Lipinski definition) is 0. The van der Waals surface area contributed by atoms with Crippen LogP contribution in [0, 0.1) is 5.92 Å². The SMILES string of the molecule is CCOC(=O)C1CCC(OC[C@@H]2CCCN2OCC(=O)OC(C)(C)C)CC1. The van der Waals surface area contributed by atoms with E-state index in [1.165, 1.54) is 0 Å². The molecule has 2 aliphatic rings. The molecule has 0 bridgehead atoms. The first-order valence-electron chi connectivity index (χ1n) is 10.2. The van der Waals surface area contributed by atoms with Crippen molar-refractivity contribution >= 4 is 11.9 Å². The topological polar surface area (TPSA) is 74.3 Å². The fourth-order valence-corrected chi connectivity index (χ4v) is 3.62. The fraction of sp³-hybridized carbons (Fsp3) is 0.900. The Morgan fingerprint density at radius 3 is 2.41 bits per heavy atom. The van der Waals surface area contributed by atoms with Gasteiger partial charge in [0.25, 0.3) is 0 Å². The van der Waals surface area contributed by atoms with Crippen molar-refractivity contribution in [2.75, 3.05) is 26.4 Å². The highest BCUT2D eigenvalue weighted by molar-refractivity contribution is 5.72. The van der Waals surface area contributed by atoms with Crippen molar-refractivity contribution in [1.82, 2.24) is 5.06 Å². The third kappa shape index (κ3) is 7.76. The summed E-state index contributed by atoms with van der Waals surface area (Å²) in [5, 5.41) is 1.86. The van der Waals surface area contributed by atoms with Crippen molar-refractivity contribution in [2.24, 2.45) is 5.92 Å². The molecular formula is C20H35NO6. The lowest BCUT2D eigenvalue weighted by Crippen LogP contribution is -2.38. The first-order valence-corrected chi connectivity index (χ1v) is 10.2. The van der Waals surface area contributed by atoms with E-state index >= 15 is 0 Å². The van der Waals surface area contributed by atoms with Crippen molar-refractivity contribution in [3.05, 3.63) is 0 Å². The van der Waals surface area contributed by atoms with Crippen LogP contribution in [0.1, 0.15) is 66.2 Å². The Hall–Kier alpha value is -1.18. The van der Waals surface area contributed by atoms with Gasteiger partial charge >= 0.3 is 11.9 Å². The zero-order valence-electron chi connectivity index (χ0n) is 17.2. The Morgan fingerprint density at radius 2 is 1.78 bits per heavy atom. The molecule has 1 heterocycles. The van der Waals surface area contributed by atoms with Gasteiger partial charge < -0.3 is 14.2 Å². The van der Waals surface area contributed by atoms with Crippen LogP contribution in [0.25, 0.3) is 0 Å². The normalized spacial score (nSPS) is 26.7. The van der Waals surface area contributed by atoms with E-state index < -0.39 is 5.60 Å². The lowest BCUT2D eigenvalue weighted by Gasteiger charge is -2.30. The van der Waals surface area contributed by atoms with Gasteiger partial charge in [-0.15, -0.1) is 0 Å². The van der Waals surface area contributed by atoms with Gasteiger partial charge in [-0.1, -0.05) is 0 Å². The van der Waals surface area contributed by atoms with Gasteiger partial charge in [0.2, 0.25) is 0 Å². The molecule has 2 fully saturated rings. The van der Waals surface area contributed by atoms with Crippen LogP contribution in [0.3, 0.4) is 0 Å². The quantitative estimate of drug-likeness (QED) is 0.595. The average molecular weight is 386 g/mol. The van der Waals surface area contributed by atoms with E-state index in [0.29, 0.717) is 13.2 Å². The Kier molecular flexibility index (Phi) is 8.51. The number of carbonyl (C=O) groups is 2. The standard InChI is InChI=1S/C20H35NO6/c1-5-24-19(23)15-8-10-17(11-9-15)25-13-16-7-6-12-21(16)26-14-18(22)27-20(2,3)4/h15-17H,5-14H2,1-4H3/t15?,16-,17?/m0/s1. The lowest BCUT2D eigenvalue weighted by molar-refractivity contribution is -0.203.